The second-order valence-corrected chi connectivity index (χ2v) is 11.7. The van der Waals surface area contributed by atoms with Gasteiger partial charge in [0.25, 0.3) is 5.91 Å². The predicted molar refractivity (Wildman–Crippen MR) is 142 cm³/mol. The standard InChI is InChI=1S/C29H32N2O4S/c1-20-4-13-27(21(2)18-20)29(33)31-16-14-24(15-17-31)23-7-9-25(10-8-23)30-28(32)19-22-5-11-26(12-6-22)36(3,34)35/h4-13,18,24H,14-17,19H2,1-3H3,(H,30,32). The molecule has 0 aromatic heterocycles. The van der Waals surface area contributed by atoms with Crippen LogP contribution >= 0.6 is 0 Å². The monoisotopic (exact) mass is 504 g/mol. The van der Waals surface area contributed by atoms with Crippen LogP contribution in [0.1, 0.15) is 51.4 Å². The lowest BCUT2D eigenvalue weighted by molar-refractivity contribution is -0.115. The summed E-state index contributed by atoms with van der Waals surface area (Å²) >= 11 is 0. The molecule has 0 saturated carbocycles. The SMILES string of the molecule is Cc1ccc(C(=O)N2CCC(c3ccc(NC(=O)Cc4ccc(S(C)(=O)=O)cc4)cc3)CC2)c(C)c1. The fourth-order valence-electron chi connectivity index (χ4n) is 4.72. The largest absolute Gasteiger partial charge is 0.339 e. The molecule has 1 aliphatic rings. The fourth-order valence-corrected chi connectivity index (χ4v) is 5.35. The highest BCUT2D eigenvalue weighted by molar-refractivity contribution is 7.90. The zero-order chi connectivity index (χ0) is 25.9. The average molecular weight is 505 g/mol. The summed E-state index contributed by atoms with van der Waals surface area (Å²) in [5.74, 6) is 0.328. The summed E-state index contributed by atoms with van der Waals surface area (Å²) in [6.07, 6.45) is 3.14. The van der Waals surface area contributed by atoms with Gasteiger partial charge in [0.05, 0.1) is 11.3 Å². The van der Waals surface area contributed by atoms with Crippen molar-refractivity contribution in [3.63, 3.8) is 0 Å². The van der Waals surface area contributed by atoms with Gasteiger partial charge in [0.1, 0.15) is 0 Å². The number of nitrogens with one attached hydrogen (secondary N) is 1. The second kappa shape index (κ2) is 10.7. The van der Waals surface area contributed by atoms with Gasteiger partial charge in [-0.15, -0.1) is 0 Å². The van der Waals surface area contributed by atoms with Crippen LogP contribution in [0.25, 0.3) is 0 Å². The summed E-state index contributed by atoms with van der Waals surface area (Å²) in [5.41, 5.74) is 5.64. The first kappa shape index (κ1) is 25.6. The van der Waals surface area contributed by atoms with Gasteiger partial charge in [0.15, 0.2) is 9.84 Å². The highest BCUT2D eigenvalue weighted by atomic mass is 32.2. The van der Waals surface area contributed by atoms with Gasteiger partial charge in [-0.3, -0.25) is 9.59 Å². The molecule has 1 N–H and O–H groups in total. The van der Waals surface area contributed by atoms with Crippen LogP contribution in [-0.4, -0.2) is 44.5 Å². The number of likely N-dealkylation sites (tertiary alicyclic amines) is 1. The number of anilines is 1. The van der Waals surface area contributed by atoms with E-state index in [0.29, 0.717) is 5.92 Å². The number of piperidine rings is 1. The number of carbonyl (C=O) groups is 2. The highest BCUT2D eigenvalue weighted by Gasteiger charge is 2.25. The predicted octanol–water partition coefficient (Wildman–Crippen LogP) is 4.91. The summed E-state index contributed by atoms with van der Waals surface area (Å²) in [4.78, 5) is 27.6. The summed E-state index contributed by atoms with van der Waals surface area (Å²) in [6.45, 7) is 5.48. The van der Waals surface area contributed by atoms with Crippen molar-refractivity contribution in [1.82, 2.24) is 4.90 Å². The van der Waals surface area contributed by atoms with Gasteiger partial charge >= 0.3 is 0 Å². The van der Waals surface area contributed by atoms with Gasteiger partial charge in [0, 0.05) is 30.6 Å². The van der Waals surface area contributed by atoms with Gasteiger partial charge in [-0.05, 0) is 79.6 Å². The topological polar surface area (TPSA) is 83.6 Å². The molecule has 0 unspecified atom stereocenters. The molecule has 2 amide bonds. The molecule has 36 heavy (non-hydrogen) atoms. The lowest BCUT2D eigenvalue weighted by atomic mass is 9.89. The molecule has 4 rings (SSSR count). The molecule has 7 heteroatoms. The molecule has 0 bridgehead atoms. The van der Waals surface area contributed by atoms with Crippen molar-refractivity contribution in [3.05, 3.63) is 94.5 Å². The number of amides is 2. The van der Waals surface area contributed by atoms with Crippen molar-refractivity contribution in [2.75, 3.05) is 24.7 Å². The molecule has 1 fully saturated rings. The number of nitrogens with zero attached hydrogens (tertiary/aromatic N) is 1. The Morgan fingerprint density at radius 2 is 1.56 bits per heavy atom. The number of carbonyl (C=O) groups excluding carboxylic acids is 2. The Balaban J connectivity index is 1.29. The summed E-state index contributed by atoms with van der Waals surface area (Å²) < 4.78 is 23.2. The number of hydrogen-bond donors (Lipinski definition) is 1. The van der Waals surface area contributed by atoms with E-state index in [9.17, 15) is 18.0 Å². The Morgan fingerprint density at radius 1 is 0.917 bits per heavy atom. The number of rotatable bonds is 6. The molecule has 0 radical (unpaired) electrons. The molecule has 0 aliphatic carbocycles. The third kappa shape index (κ3) is 6.21. The van der Waals surface area contributed by atoms with Gasteiger partial charge in [-0.1, -0.05) is 42.0 Å². The molecule has 6 nitrogen and oxygen atoms in total. The molecule has 1 heterocycles. The summed E-state index contributed by atoms with van der Waals surface area (Å²) in [5, 5.41) is 2.90. The number of aryl methyl sites for hydroxylation is 2. The van der Waals surface area contributed by atoms with Crippen LogP contribution in [0.3, 0.4) is 0 Å². The summed E-state index contributed by atoms with van der Waals surface area (Å²) in [6, 6.07) is 20.2. The number of hydrogen-bond acceptors (Lipinski definition) is 4. The Kier molecular flexibility index (Phi) is 7.59. The van der Waals surface area contributed by atoms with Crippen molar-refractivity contribution < 1.29 is 18.0 Å². The van der Waals surface area contributed by atoms with E-state index in [2.05, 4.69) is 11.4 Å². The van der Waals surface area contributed by atoms with Crippen LogP contribution in [0.15, 0.2) is 71.6 Å². The maximum atomic E-state index is 13.0. The quantitative estimate of drug-likeness (QED) is 0.517. The molecule has 0 atom stereocenters. The molecule has 3 aromatic carbocycles. The number of sulfone groups is 1. The molecule has 1 aliphatic heterocycles. The Bertz CT molecular complexity index is 1360. The van der Waals surface area contributed by atoms with Crippen molar-refractivity contribution in [2.45, 2.75) is 43.9 Å². The van der Waals surface area contributed by atoms with E-state index in [1.807, 2.05) is 55.1 Å². The maximum absolute atomic E-state index is 13.0. The van der Waals surface area contributed by atoms with E-state index in [1.54, 1.807) is 12.1 Å². The molecule has 188 valence electrons. The van der Waals surface area contributed by atoms with E-state index < -0.39 is 9.84 Å². The minimum atomic E-state index is -3.25. The van der Waals surface area contributed by atoms with Crippen molar-refractivity contribution in [1.29, 1.82) is 0 Å². The van der Waals surface area contributed by atoms with Crippen LogP contribution in [-0.2, 0) is 21.1 Å². The lowest BCUT2D eigenvalue weighted by Crippen LogP contribution is -2.38. The van der Waals surface area contributed by atoms with Crippen LogP contribution in [0, 0.1) is 13.8 Å². The van der Waals surface area contributed by atoms with Gasteiger partial charge < -0.3 is 10.2 Å². The van der Waals surface area contributed by atoms with Crippen molar-refractivity contribution >= 4 is 27.3 Å². The molecule has 0 spiro atoms. The highest BCUT2D eigenvalue weighted by Crippen LogP contribution is 2.30. The van der Waals surface area contributed by atoms with E-state index in [-0.39, 0.29) is 23.1 Å². The zero-order valence-electron chi connectivity index (χ0n) is 21.0. The molecule has 3 aromatic rings. The Hall–Kier alpha value is -3.45. The van der Waals surface area contributed by atoms with Crippen LogP contribution in [0.4, 0.5) is 5.69 Å². The Morgan fingerprint density at radius 3 is 2.14 bits per heavy atom. The third-order valence-corrected chi connectivity index (χ3v) is 7.90. The first-order chi connectivity index (χ1) is 17.1. The van der Waals surface area contributed by atoms with E-state index in [1.165, 1.54) is 17.7 Å². The van der Waals surface area contributed by atoms with Crippen LogP contribution in [0.5, 0.6) is 0 Å². The minimum absolute atomic E-state index is 0.106. The molecular weight excluding hydrogens is 472 g/mol. The fraction of sp³-hybridized carbons (Fsp3) is 0.310. The van der Waals surface area contributed by atoms with E-state index in [4.69, 9.17) is 0 Å². The van der Waals surface area contributed by atoms with Crippen molar-refractivity contribution in [2.24, 2.45) is 0 Å². The number of benzene rings is 3. The van der Waals surface area contributed by atoms with Crippen LogP contribution in [0.2, 0.25) is 0 Å². The maximum Gasteiger partial charge on any atom is 0.254 e. The third-order valence-electron chi connectivity index (χ3n) is 6.78. The van der Waals surface area contributed by atoms with Gasteiger partial charge in [0.2, 0.25) is 5.91 Å². The minimum Gasteiger partial charge on any atom is -0.339 e. The van der Waals surface area contributed by atoms with E-state index in [0.717, 1.165) is 60.1 Å². The van der Waals surface area contributed by atoms with Gasteiger partial charge in [-0.2, -0.15) is 0 Å². The first-order valence-electron chi connectivity index (χ1n) is 12.2. The molecule has 1 saturated heterocycles. The first-order valence-corrected chi connectivity index (χ1v) is 14.0. The lowest BCUT2D eigenvalue weighted by Gasteiger charge is -2.32. The second-order valence-electron chi connectivity index (χ2n) is 9.65. The van der Waals surface area contributed by atoms with Crippen molar-refractivity contribution in [3.8, 4) is 0 Å². The average Bonchev–Trinajstić information content (AvgIpc) is 2.84. The zero-order valence-corrected chi connectivity index (χ0v) is 21.8. The smallest absolute Gasteiger partial charge is 0.254 e. The van der Waals surface area contributed by atoms with E-state index >= 15 is 0 Å². The molecular formula is C29H32N2O4S. The van der Waals surface area contributed by atoms with Gasteiger partial charge in [-0.25, -0.2) is 8.42 Å². The van der Waals surface area contributed by atoms with Crippen LogP contribution < -0.4 is 5.32 Å². The Labute approximate surface area is 213 Å². The normalized spacial score (nSPS) is 14.5. The summed E-state index contributed by atoms with van der Waals surface area (Å²) in [7, 11) is -3.25.